The molecule has 160 valence electrons. The predicted molar refractivity (Wildman–Crippen MR) is 118 cm³/mol. The fraction of sp³-hybridized carbons (Fsp3) is 0.348. The Morgan fingerprint density at radius 3 is 2.33 bits per heavy atom. The van der Waals surface area contributed by atoms with Crippen molar-refractivity contribution < 1.29 is 14.4 Å². The van der Waals surface area contributed by atoms with E-state index < -0.39 is 18.0 Å². The summed E-state index contributed by atoms with van der Waals surface area (Å²) in [6.45, 7) is 6.53. The van der Waals surface area contributed by atoms with Crippen molar-refractivity contribution in [3.63, 3.8) is 0 Å². The van der Waals surface area contributed by atoms with Gasteiger partial charge in [0.15, 0.2) is 0 Å². The van der Waals surface area contributed by atoms with Crippen LogP contribution in [0.15, 0.2) is 54.6 Å². The van der Waals surface area contributed by atoms with Crippen molar-refractivity contribution in [3.05, 3.63) is 65.7 Å². The van der Waals surface area contributed by atoms with Crippen molar-refractivity contribution in [1.29, 1.82) is 0 Å². The van der Waals surface area contributed by atoms with Crippen LogP contribution >= 0.6 is 0 Å². The maximum absolute atomic E-state index is 12.5. The highest BCUT2D eigenvalue weighted by Gasteiger charge is 2.24. The number of rotatable bonds is 9. The molecule has 2 aromatic rings. The van der Waals surface area contributed by atoms with E-state index >= 15 is 0 Å². The second-order valence-electron chi connectivity index (χ2n) is 7.17. The molecule has 1 unspecified atom stereocenters. The Labute approximate surface area is 177 Å². The minimum atomic E-state index is -0.630. The molecule has 30 heavy (non-hydrogen) atoms. The Hall–Kier alpha value is -3.19. The maximum Gasteiger partial charge on any atom is 0.321 e. The quantitative estimate of drug-likeness (QED) is 0.593. The van der Waals surface area contributed by atoms with Gasteiger partial charge in [0, 0.05) is 12.2 Å². The molecule has 0 bridgehead atoms. The zero-order valence-electron chi connectivity index (χ0n) is 17.8. The van der Waals surface area contributed by atoms with Crippen molar-refractivity contribution in [2.45, 2.75) is 39.8 Å². The molecule has 2 aromatic carbocycles. The van der Waals surface area contributed by atoms with E-state index in [4.69, 9.17) is 0 Å². The molecule has 0 aromatic heterocycles. The normalized spacial score (nSPS) is 11.6. The first-order chi connectivity index (χ1) is 14.4. The van der Waals surface area contributed by atoms with E-state index in [1.165, 1.54) is 0 Å². The van der Waals surface area contributed by atoms with Crippen LogP contribution in [0.5, 0.6) is 0 Å². The van der Waals surface area contributed by atoms with Crippen molar-refractivity contribution in [1.82, 2.24) is 15.5 Å². The van der Waals surface area contributed by atoms with Crippen LogP contribution in [0.1, 0.15) is 31.4 Å². The number of anilines is 1. The SMILES string of the molecule is CCCN(CC(=O)Nc1ccccc1C)C(C)C(=O)NC(=O)NCc1ccccc1. The number of imide groups is 1. The topological polar surface area (TPSA) is 90.5 Å². The van der Waals surface area contributed by atoms with Crippen molar-refractivity contribution >= 4 is 23.5 Å². The number of nitrogens with zero attached hydrogens (tertiary/aromatic N) is 1. The molecule has 7 heteroatoms. The van der Waals surface area contributed by atoms with Gasteiger partial charge in [-0.15, -0.1) is 0 Å². The summed E-state index contributed by atoms with van der Waals surface area (Å²) in [6.07, 6.45) is 0.773. The number of carbonyl (C=O) groups is 3. The highest BCUT2D eigenvalue weighted by molar-refractivity contribution is 5.97. The Morgan fingerprint density at radius 2 is 1.67 bits per heavy atom. The highest BCUT2D eigenvalue weighted by atomic mass is 16.2. The maximum atomic E-state index is 12.5. The van der Waals surface area contributed by atoms with Gasteiger partial charge < -0.3 is 10.6 Å². The van der Waals surface area contributed by atoms with Gasteiger partial charge in [0.05, 0.1) is 12.6 Å². The van der Waals surface area contributed by atoms with Crippen molar-refractivity contribution in [2.75, 3.05) is 18.4 Å². The number of para-hydroxylation sites is 1. The number of carbonyl (C=O) groups excluding carboxylic acids is 3. The smallest absolute Gasteiger partial charge is 0.321 e. The van der Waals surface area contributed by atoms with Gasteiger partial charge >= 0.3 is 6.03 Å². The molecule has 0 aliphatic heterocycles. The lowest BCUT2D eigenvalue weighted by Gasteiger charge is -2.27. The number of hydrogen-bond donors (Lipinski definition) is 3. The third-order valence-electron chi connectivity index (χ3n) is 4.74. The number of benzene rings is 2. The fourth-order valence-corrected chi connectivity index (χ4v) is 2.99. The van der Waals surface area contributed by atoms with Crippen LogP contribution in [-0.4, -0.2) is 41.9 Å². The number of urea groups is 1. The minimum Gasteiger partial charge on any atom is -0.334 e. The molecular formula is C23H30N4O3. The summed E-state index contributed by atoms with van der Waals surface area (Å²) in [5.41, 5.74) is 2.65. The van der Waals surface area contributed by atoms with E-state index in [0.717, 1.165) is 23.2 Å². The Morgan fingerprint density at radius 1 is 1.00 bits per heavy atom. The van der Waals surface area contributed by atoms with E-state index in [1.807, 2.05) is 68.4 Å². The van der Waals surface area contributed by atoms with E-state index in [9.17, 15) is 14.4 Å². The second-order valence-corrected chi connectivity index (χ2v) is 7.17. The van der Waals surface area contributed by atoms with E-state index in [2.05, 4.69) is 16.0 Å². The molecule has 3 N–H and O–H groups in total. The zero-order chi connectivity index (χ0) is 21.9. The van der Waals surface area contributed by atoms with Gasteiger partial charge in [-0.3, -0.25) is 19.8 Å². The van der Waals surface area contributed by atoms with Crippen LogP contribution in [0.3, 0.4) is 0 Å². The molecule has 4 amide bonds. The molecule has 2 rings (SSSR count). The lowest BCUT2D eigenvalue weighted by molar-refractivity contribution is -0.126. The van der Waals surface area contributed by atoms with Gasteiger partial charge in [0.1, 0.15) is 0 Å². The first-order valence-corrected chi connectivity index (χ1v) is 10.1. The van der Waals surface area contributed by atoms with Crippen LogP contribution < -0.4 is 16.0 Å². The summed E-state index contributed by atoms with van der Waals surface area (Å²) in [5, 5.41) is 7.91. The standard InChI is InChI=1S/C23H30N4O3/c1-4-14-27(16-21(28)25-20-13-9-8-10-17(20)2)18(3)22(29)26-23(30)24-15-19-11-6-5-7-12-19/h5-13,18H,4,14-16H2,1-3H3,(H,25,28)(H2,24,26,29,30). The van der Waals surface area contributed by atoms with Gasteiger partial charge in [0.2, 0.25) is 11.8 Å². The fourth-order valence-electron chi connectivity index (χ4n) is 2.99. The minimum absolute atomic E-state index is 0.0579. The van der Waals surface area contributed by atoms with Crippen LogP contribution in [0.2, 0.25) is 0 Å². The summed E-state index contributed by atoms with van der Waals surface area (Å²) in [6, 6.07) is 15.8. The average molecular weight is 411 g/mol. The van der Waals surface area contributed by atoms with Crippen LogP contribution in [0.4, 0.5) is 10.5 Å². The lowest BCUT2D eigenvalue weighted by Crippen LogP contribution is -2.51. The molecule has 0 radical (unpaired) electrons. The lowest BCUT2D eigenvalue weighted by atomic mass is 10.2. The summed E-state index contributed by atoms with van der Waals surface area (Å²) in [5.74, 6) is -0.649. The van der Waals surface area contributed by atoms with Crippen molar-refractivity contribution in [2.24, 2.45) is 0 Å². The Bertz CT molecular complexity index is 855. The summed E-state index contributed by atoms with van der Waals surface area (Å²) in [4.78, 5) is 38.9. The zero-order valence-corrected chi connectivity index (χ0v) is 17.8. The highest BCUT2D eigenvalue weighted by Crippen LogP contribution is 2.13. The number of nitrogens with one attached hydrogen (secondary N) is 3. The van der Waals surface area contributed by atoms with Crippen molar-refractivity contribution in [3.8, 4) is 0 Å². The number of amides is 4. The summed E-state index contributed by atoms with van der Waals surface area (Å²) in [7, 11) is 0. The van der Waals surface area contributed by atoms with E-state index in [1.54, 1.807) is 11.8 Å². The van der Waals surface area contributed by atoms with Gasteiger partial charge in [0.25, 0.3) is 0 Å². The third kappa shape index (κ3) is 7.33. The molecule has 0 aliphatic carbocycles. The molecule has 0 saturated heterocycles. The number of hydrogen-bond acceptors (Lipinski definition) is 4. The molecular weight excluding hydrogens is 380 g/mol. The first kappa shape index (κ1) is 23.1. The second kappa shape index (κ2) is 11.7. The van der Waals surface area contributed by atoms with Crippen LogP contribution in [0, 0.1) is 6.92 Å². The molecule has 7 nitrogen and oxygen atoms in total. The molecule has 0 aliphatic rings. The Balaban J connectivity index is 1.88. The van der Waals surface area contributed by atoms with Crippen LogP contribution in [-0.2, 0) is 16.1 Å². The monoisotopic (exact) mass is 410 g/mol. The largest absolute Gasteiger partial charge is 0.334 e. The van der Waals surface area contributed by atoms with Crippen LogP contribution in [0.25, 0.3) is 0 Å². The third-order valence-corrected chi connectivity index (χ3v) is 4.74. The molecule has 0 heterocycles. The van der Waals surface area contributed by atoms with Gasteiger partial charge in [-0.25, -0.2) is 4.79 Å². The number of aryl methyl sites for hydroxylation is 1. The van der Waals surface area contributed by atoms with E-state index in [-0.39, 0.29) is 12.5 Å². The first-order valence-electron chi connectivity index (χ1n) is 10.1. The van der Waals surface area contributed by atoms with Gasteiger partial charge in [-0.2, -0.15) is 0 Å². The van der Waals surface area contributed by atoms with Gasteiger partial charge in [-0.05, 0) is 44.0 Å². The Kier molecular flexibility index (Phi) is 9.03. The van der Waals surface area contributed by atoms with Gasteiger partial charge in [-0.1, -0.05) is 55.5 Å². The molecule has 0 spiro atoms. The predicted octanol–water partition coefficient (Wildman–Crippen LogP) is 3.06. The molecule has 0 saturated carbocycles. The average Bonchev–Trinajstić information content (AvgIpc) is 2.74. The summed E-state index contributed by atoms with van der Waals surface area (Å²) >= 11 is 0. The van der Waals surface area contributed by atoms with E-state index in [0.29, 0.717) is 13.1 Å². The summed E-state index contributed by atoms with van der Waals surface area (Å²) < 4.78 is 0. The molecule has 0 fully saturated rings. The molecule has 1 atom stereocenters.